The second kappa shape index (κ2) is 6.00. The van der Waals surface area contributed by atoms with Gasteiger partial charge in [-0.2, -0.15) is 0 Å². The summed E-state index contributed by atoms with van der Waals surface area (Å²) >= 11 is 7.15. The molecule has 17 heavy (non-hydrogen) atoms. The van der Waals surface area contributed by atoms with Crippen LogP contribution in [0.15, 0.2) is 30.5 Å². The molecule has 0 unspecified atom stereocenters. The van der Waals surface area contributed by atoms with E-state index >= 15 is 0 Å². The molecule has 2 aromatic rings. The number of hydrogen-bond donors (Lipinski definition) is 1. The van der Waals surface area contributed by atoms with Crippen molar-refractivity contribution in [3.8, 4) is 5.75 Å². The first kappa shape index (κ1) is 12.4. The van der Waals surface area contributed by atoms with Crippen LogP contribution in [0.3, 0.4) is 0 Å². The lowest BCUT2D eigenvalue weighted by Gasteiger charge is -2.09. The van der Waals surface area contributed by atoms with Gasteiger partial charge in [-0.1, -0.05) is 29.8 Å². The third kappa shape index (κ3) is 3.43. The van der Waals surface area contributed by atoms with E-state index < -0.39 is 0 Å². The van der Waals surface area contributed by atoms with E-state index in [0.29, 0.717) is 17.5 Å². The summed E-state index contributed by atoms with van der Waals surface area (Å²) in [5, 5.41) is 8.95. The Balaban J connectivity index is 2.03. The van der Waals surface area contributed by atoms with Gasteiger partial charge < -0.3 is 9.84 Å². The summed E-state index contributed by atoms with van der Waals surface area (Å²) in [7, 11) is 0. The topological polar surface area (TPSA) is 42.4 Å². The highest BCUT2D eigenvalue weighted by Crippen LogP contribution is 2.22. The van der Waals surface area contributed by atoms with E-state index in [9.17, 15) is 0 Å². The van der Waals surface area contributed by atoms with Gasteiger partial charge in [-0.05, 0) is 18.1 Å². The average molecular weight is 270 g/mol. The zero-order valence-corrected chi connectivity index (χ0v) is 10.7. The molecule has 1 aromatic heterocycles. The summed E-state index contributed by atoms with van der Waals surface area (Å²) in [6.07, 6.45) is 2.31. The Morgan fingerprint density at radius 2 is 2.18 bits per heavy atom. The molecule has 0 saturated heterocycles. The van der Waals surface area contributed by atoms with Crippen LogP contribution in [-0.4, -0.2) is 16.7 Å². The molecular formula is C12H12ClNO2S. The van der Waals surface area contributed by atoms with Crippen molar-refractivity contribution in [2.75, 3.05) is 6.61 Å². The van der Waals surface area contributed by atoms with Crippen molar-refractivity contribution >= 4 is 22.9 Å². The Hall–Kier alpha value is -1.10. The fourth-order valence-electron chi connectivity index (χ4n) is 1.47. The molecule has 1 aromatic carbocycles. The monoisotopic (exact) mass is 269 g/mol. The zero-order chi connectivity index (χ0) is 12.1. The van der Waals surface area contributed by atoms with Crippen LogP contribution < -0.4 is 4.74 Å². The van der Waals surface area contributed by atoms with Crippen molar-refractivity contribution in [1.29, 1.82) is 0 Å². The van der Waals surface area contributed by atoms with Crippen LogP contribution >= 0.6 is 22.9 Å². The number of aliphatic hydroxyl groups is 1. The summed E-state index contributed by atoms with van der Waals surface area (Å²) in [6.45, 7) is 0.569. The van der Waals surface area contributed by atoms with Gasteiger partial charge >= 0.3 is 0 Å². The van der Waals surface area contributed by atoms with Crippen molar-refractivity contribution in [2.45, 2.75) is 13.0 Å². The van der Waals surface area contributed by atoms with E-state index in [1.165, 1.54) is 11.3 Å². The molecule has 0 aliphatic carbocycles. The standard InChI is InChI=1S/C12H12ClNO2S/c13-12-14-7-10(17-12)8-16-11-4-2-1-3-9(11)5-6-15/h1-4,7,15H,5-6,8H2. The second-order valence-electron chi connectivity index (χ2n) is 3.45. The molecule has 2 rings (SSSR count). The normalized spacial score (nSPS) is 10.5. The lowest BCUT2D eigenvalue weighted by molar-refractivity contribution is 0.285. The number of benzene rings is 1. The predicted octanol–water partition coefficient (Wildman–Crippen LogP) is 2.91. The van der Waals surface area contributed by atoms with Crippen molar-refractivity contribution in [3.63, 3.8) is 0 Å². The lowest BCUT2D eigenvalue weighted by atomic mass is 10.1. The maximum absolute atomic E-state index is 8.95. The third-order valence-electron chi connectivity index (χ3n) is 2.25. The molecule has 1 N–H and O–H groups in total. The molecule has 0 bridgehead atoms. The highest BCUT2D eigenvalue weighted by Gasteiger charge is 2.04. The van der Waals surface area contributed by atoms with Gasteiger partial charge in [-0.3, -0.25) is 0 Å². The maximum Gasteiger partial charge on any atom is 0.183 e. The van der Waals surface area contributed by atoms with Gasteiger partial charge in [0.15, 0.2) is 4.47 Å². The zero-order valence-electron chi connectivity index (χ0n) is 9.10. The van der Waals surface area contributed by atoms with Gasteiger partial charge in [0.1, 0.15) is 12.4 Å². The minimum atomic E-state index is 0.118. The Bertz CT molecular complexity index is 487. The summed E-state index contributed by atoms with van der Waals surface area (Å²) in [5.41, 5.74) is 1.01. The molecule has 0 aliphatic rings. The third-order valence-corrected chi connectivity index (χ3v) is 3.34. The number of ether oxygens (including phenoxy) is 1. The minimum absolute atomic E-state index is 0.118. The van der Waals surface area contributed by atoms with Crippen molar-refractivity contribution < 1.29 is 9.84 Å². The van der Waals surface area contributed by atoms with Gasteiger partial charge in [-0.25, -0.2) is 4.98 Å². The van der Waals surface area contributed by atoms with Crippen LogP contribution in [0.5, 0.6) is 5.75 Å². The van der Waals surface area contributed by atoms with E-state index in [-0.39, 0.29) is 6.61 Å². The van der Waals surface area contributed by atoms with Gasteiger partial charge in [0.05, 0.1) is 4.88 Å². The molecule has 0 amide bonds. The molecular weight excluding hydrogens is 258 g/mol. The number of rotatable bonds is 5. The van der Waals surface area contributed by atoms with Crippen LogP contribution in [0, 0.1) is 0 Å². The van der Waals surface area contributed by atoms with Crippen LogP contribution in [0.2, 0.25) is 4.47 Å². The molecule has 90 valence electrons. The number of para-hydroxylation sites is 1. The predicted molar refractivity (Wildman–Crippen MR) is 68.7 cm³/mol. The maximum atomic E-state index is 8.95. The first-order chi connectivity index (χ1) is 8.29. The number of hydrogen-bond acceptors (Lipinski definition) is 4. The highest BCUT2D eigenvalue weighted by molar-refractivity contribution is 7.15. The summed E-state index contributed by atoms with van der Waals surface area (Å²) in [5.74, 6) is 0.797. The molecule has 0 aliphatic heterocycles. The van der Waals surface area contributed by atoms with Crippen LogP contribution in [0.25, 0.3) is 0 Å². The number of halogens is 1. The first-order valence-corrected chi connectivity index (χ1v) is 6.41. The first-order valence-electron chi connectivity index (χ1n) is 5.21. The van der Waals surface area contributed by atoms with Crippen molar-refractivity contribution in [3.05, 3.63) is 45.4 Å². The molecule has 0 fully saturated rings. The van der Waals surface area contributed by atoms with E-state index in [1.807, 2.05) is 24.3 Å². The average Bonchev–Trinajstić information content (AvgIpc) is 2.74. The summed E-state index contributed by atoms with van der Waals surface area (Å²) in [6, 6.07) is 7.69. The number of aromatic nitrogens is 1. The van der Waals surface area contributed by atoms with Crippen LogP contribution in [-0.2, 0) is 13.0 Å². The highest BCUT2D eigenvalue weighted by atomic mass is 35.5. The SMILES string of the molecule is OCCc1ccccc1OCc1cnc(Cl)s1. The lowest BCUT2D eigenvalue weighted by Crippen LogP contribution is -1.99. The quantitative estimate of drug-likeness (QED) is 0.908. The van der Waals surface area contributed by atoms with E-state index in [2.05, 4.69) is 4.98 Å². The van der Waals surface area contributed by atoms with Crippen LogP contribution in [0.4, 0.5) is 0 Å². The fourth-order valence-corrected chi connectivity index (χ4v) is 2.36. The number of aliphatic hydroxyl groups excluding tert-OH is 1. The summed E-state index contributed by atoms with van der Waals surface area (Å²) < 4.78 is 6.21. The molecule has 0 radical (unpaired) electrons. The molecule has 0 atom stereocenters. The Labute approximate surface area is 109 Å². The molecule has 0 spiro atoms. The fraction of sp³-hybridized carbons (Fsp3) is 0.250. The number of nitrogens with zero attached hydrogens (tertiary/aromatic N) is 1. The smallest absolute Gasteiger partial charge is 0.183 e. The summed E-state index contributed by atoms with van der Waals surface area (Å²) in [4.78, 5) is 4.93. The van der Waals surface area contributed by atoms with Crippen LogP contribution in [0.1, 0.15) is 10.4 Å². The minimum Gasteiger partial charge on any atom is -0.488 e. The van der Waals surface area contributed by atoms with Gasteiger partial charge in [0, 0.05) is 12.8 Å². The van der Waals surface area contributed by atoms with E-state index in [4.69, 9.17) is 21.4 Å². The van der Waals surface area contributed by atoms with E-state index in [1.54, 1.807) is 6.20 Å². The largest absolute Gasteiger partial charge is 0.488 e. The second-order valence-corrected chi connectivity index (χ2v) is 5.15. The number of thiazole rings is 1. The Morgan fingerprint density at radius 1 is 1.35 bits per heavy atom. The molecule has 1 heterocycles. The van der Waals surface area contributed by atoms with Gasteiger partial charge in [0.2, 0.25) is 0 Å². The van der Waals surface area contributed by atoms with Gasteiger partial charge in [-0.15, -0.1) is 11.3 Å². The van der Waals surface area contributed by atoms with Crippen molar-refractivity contribution in [2.24, 2.45) is 0 Å². The molecule has 5 heteroatoms. The Morgan fingerprint density at radius 3 is 2.88 bits per heavy atom. The Kier molecular flexibility index (Phi) is 4.36. The molecule has 0 saturated carbocycles. The van der Waals surface area contributed by atoms with Gasteiger partial charge in [0.25, 0.3) is 0 Å². The van der Waals surface area contributed by atoms with E-state index in [0.717, 1.165) is 16.2 Å². The molecule has 3 nitrogen and oxygen atoms in total. The van der Waals surface area contributed by atoms with Crippen molar-refractivity contribution in [1.82, 2.24) is 4.98 Å².